The number of rotatable bonds is 7. The van der Waals surface area contributed by atoms with Gasteiger partial charge in [0.1, 0.15) is 12.4 Å². The Hall–Kier alpha value is -3.25. The van der Waals surface area contributed by atoms with Crippen molar-refractivity contribution in [1.82, 2.24) is 15.3 Å². The number of carbonyl (C=O) groups excluding carboxylic acids is 1. The summed E-state index contributed by atoms with van der Waals surface area (Å²) in [6.45, 7) is 7.14. The van der Waals surface area contributed by atoms with E-state index in [-0.39, 0.29) is 18.1 Å². The van der Waals surface area contributed by atoms with Crippen LogP contribution >= 0.6 is 0 Å². The van der Waals surface area contributed by atoms with Crippen molar-refractivity contribution < 1.29 is 14.3 Å². The van der Waals surface area contributed by atoms with Crippen molar-refractivity contribution in [3.8, 4) is 17.0 Å². The summed E-state index contributed by atoms with van der Waals surface area (Å²) < 4.78 is 11.7. The van der Waals surface area contributed by atoms with E-state index in [1.807, 2.05) is 63.4 Å². The number of nitrogens with zero attached hydrogens (tertiary/aromatic N) is 2. The van der Waals surface area contributed by atoms with E-state index < -0.39 is 0 Å². The normalized spacial score (nSPS) is 16.5. The fraction of sp³-hybridized carbons (Fsp3) is 0.346. The molecule has 3 heterocycles. The molecule has 0 spiro atoms. The molecule has 3 aromatic rings. The summed E-state index contributed by atoms with van der Waals surface area (Å²) in [5.74, 6) is 0.462. The molecule has 6 heteroatoms. The summed E-state index contributed by atoms with van der Waals surface area (Å²) in [4.78, 5) is 22.0. The van der Waals surface area contributed by atoms with Crippen molar-refractivity contribution in [1.29, 1.82) is 0 Å². The van der Waals surface area contributed by atoms with Crippen LogP contribution in [0.5, 0.6) is 5.75 Å². The molecule has 1 saturated heterocycles. The van der Waals surface area contributed by atoms with Gasteiger partial charge in [-0.15, -0.1) is 0 Å². The van der Waals surface area contributed by atoms with Crippen LogP contribution in [0.3, 0.4) is 0 Å². The molecule has 6 nitrogen and oxygen atoms in total. The fourth-order valence-electron chi connectivity index (χ4n) is 3.66. The van der Waals surface area contributed by atoms with Gasteiger partial charge in [-0.1, -0.05) is 12.1 Å². The molecule has 0 bridgehead atoms. The monoisotopic (exact) mass is 431 g/mol. The molecular formula is C26H29N3O3. The van der Waals surface area contributed by atoms with Crippen LogP contribution in [0, 0.1) is 13.8 Å². The number of aryl methyl sites for hydroxylation is 2. The highest BCUT2D eigenvalue weighted by Crippen LogP contribution is 2.27. The van der Waals surface area contributed by atoms with E-state index in [1.165, 1.54) is 0 Å². The Morgan fingerprint density at radius 3 is 2.72 bits per heavy atom. The topological polar surface area (TPSA) is 73.3 Å². The lowest BCUT2D eigenvalue weighted by molar-refractivity contribution is 0.0679. The minimum atomic E-state index is -0.173. The Bertz CT molecular complexity index is 1060. The van der Waals surface area contributed by atoms with Gasteiger partial charge in [-0.05, 0) is 75.1 Å². The second-order valence-corrected chi connectivity index (χ2v) is 8.34. The number of carbonyl (C=O) groups is 1. The zero-order chi connectivity index (χ0) is 22.5. The Morgan fingerprint density at radius 2 is 2.03 bits per heavy atom. The second-order valence-electron chi connectivity index (χ2n) is 8.34. The van der Waals surface area contributed by atoms with Gasteiger partial charge in [-0.2, -0.15) is 0 Å². The third-order valence-electron chi connectivity index (χ3n) is 5.62. The van der Waals surface area contributed by atoms with Gasteiger partial charge in [-0.3, -0.25) is 14.8 Å². The first-order valence-electron chi connectivity index (χ1n) is 11.0. The number of aromatic nitrogens is 2. The molecule has 1 aliphatic rings. The molecule has 0 saturated carbocycles. The van der Waals surface area contributed by atoms with Gasteiger partial charge >= 0.3 is 0 Å². The van der Waals surface area contributed by atoms with E-state index in [1.54, 1.807) is 12.3 Å². The van der Waals surface area contributed by atoms with Crippen LogP contribution in [-0.4, -0.2) is 35.2 Å². The van der Waals surface area contributed by atoms with Crippen LogP contribution in [-0.2, 0) is 4.74 Å². The van der Waals surface area contributed by atoms with Gasteiger partial charge in [0.15, 0.2) is 0 Å². The van der Waals surface area contributed by atoms with Crippen molar-refractivity contribution in [2.75, 3.05) is 13.2 Å². The molecule has 4 rings (SSSR count). The third kappa shape index (κ3) is 5.51. The Balaban J connectivity index is 1.57. The van der Waals surface area contributed by atoms with E-state index >= 15 is 0 Å². The number of hydrogen-bond donors (Lipinski definition) is 1. The van der Waals surface area contributed by atoms with Crippen molar-refractivity contribution in [3.05, 3.63) is 77.2 Å². The quantitative estimate of drug-likeness (QED) is 0.581. The number of benzene rings is 1. The summed E-state index contributed by atoms with van der Waals surface area (Å²) in [5, 5.41) is 3.06. The summed E-state index contributed by atoms with van der Waals surface area (Å²) in [5.41, 5.74) is 5.14. The number of amides is 1. The lowest BCUT2D eigenvalue weighted by Gasteiger charge is -2.17. The standard InChI is InChI=1S/C26H29N3O3/c1-17-6-9-25(28-14-17)21-11-22(13-24(12-21)32-16-23-5-4-10-31-23)26(30)29-19(3)20-8-7-18(2)27-15-20/h6-9,11-15,19,23H,4-5,10,16H2,1-3H3,(H,29,30)/t19-,23?/m1/s1. The van der Waals surface area contributed by atoms with Crippen LogP contribution in [0.4, 0.5) is 0 Å². The summed E-state index contributed by atoms with van der Waals surface area (Å²) >= 11 is 0. The van der Waals surface area contributed by atoms with Crippen LogP contribution in [0.25, 0.3) is 11.3 Å². The van der Waals surface area contributed by atoms with E-state index in [9.17, 15) is 4.79 Å². The van der Waals surface area contributed by atoms with Crippen molar-refractivity contribution in [2.24, 2.45) is 0 Å². The molecule has 1 aliphatic heterocycles. The van der Waals surface area contributed by atoms with Crippen LogP contribution in [0.15, 0.2) is 54.9 Å². The Morgan fingerprint density at radius 1 is 1.16 bits per heavy atom. The highest BCUT2D eigenvalue weighted by atomic mass is 16.5. The lowest BCUT2D eigenvalue weighted by Crippen LogP contribution is -2.27. The molecule has 0 aliphatic carbocycles. The molecular weight excluding hydrogens is 402 g/mol. The first-order chi connectivity index (χ1) is 15.5. The Labute approximate surface area is 189 Å². The Kier molecular flexibility index (Phi) is 6.81. The van der Waals surface area contributed by atoms with E-state index in [4.69, 9.17) is 9.47 Å². The SMILES string of the molecule is Cc1ccc(-c2cc(OCC3CCCO3)cc(C(=O)N[C@H](C)c3ccc(C)nc3)c2)nc1. The molecule has 166 valence electrons. The van der Waals surface area contributed by atoms with Crippen LogP contribution in [0.2, 0.25) is 0 Å². The minimum absolute atomic E-state index is 0.0995. The predicted octanol–water partition coefficient (Wildman–Crippen LogP) is 4.81. The molecule has 1 amide bonds. The molecule has 2 aromatic heterocycles. The number of ether oxygens (including phenoxy) is 2. The number of hydrogen-bond acceptors (Lipinski definition) is 5. The van der Waals surface area contributed by atoms with Gasteiger partial charge in [-0.25, -0.2) is 0 Å². The fourth-order valence-corrected chi connectivity index (χ4v) is 3.66. The maximum atomic E-state index is 13.1. The van der Waals surface area contributed by atoms with Gasteiger partial charge in [0.05, 0.1) is 17.8 Å². The average Bonchev–Trinajstić information content (AvgIpc) is 3.32. The molecule has 1 fully saturated rings. The van der Waals surface area contributed by atoms with Crippen molar-refractivity contribution >= 4 is 5.91 Å². The number of pyridine rings is 2. The van der Waals surface area contributed by atoms with Crippen molar-refractivity contribution in [2.45, 2.75) is 45.8 Å². The largest absolute Gasteiger partial charge is 0.491 e. The minimum Gasteiger partial charge on any atom is -0.491 e. The van der Waals surface area contributed by atoms with Gasteiger partial charge in [0.2, 0.25) is 0 Å². The summed E-state index contributed by atoms with van der Waals surface area (Å²) in [6, 6.07) is 13.3. The first-order valence-corrected chi connectivity index (χ1v) is 11.0. The number of nitrogens with one attached hydrogen (secondary N) is 1. The van der Waals surface area contributed by atoms with Gasteiger partial charge in [0.25, 0.3) is 5.91 Å². The van der Waals surface area contributed by atoms with Crippen molar-refractivity contribution in [3.63, 3.8) is 0 Å². The first kappa shape index (κ1) is 22.0. The van der Waals surface area contributed by atoms with E-state index in [2.05, 4.69) is 15.3 Å². The van der Waals surface area contributed by atoms with Crippen LogP contribution < -0.4 is 10.1 Å². The maximum Gasteiger partial charge on any atom is 0.251 e. The molecule has 1 N–H and O–H groups in total. The second kappa shape index (κ2) is 9.92. The zero-order valence-electron chi connectivity index (χ0n) is 18.8. The molecule has 2 atom stereocenters. The van der Waals surface area contributed by atoms with Crippen LogP contribution in [0.1, 0.15) is 53.0 Å². The molecule has 1 aromatic carbocycles. The summed E-state index contributed by atoms with van der Waals surface area (Å²) in [6.07, 6.45) is 5.77. The molecule has 0 radical (unpaired) electrons. The highest BCUT2D eigenvalue weighted by Gasteiger charge is 2.18. The predicted molar refractivity (Wildman–Crippen MR) is 124 cm³/mol. The smallest absolute Gasteiger partial charge is 0.251 e. The third-order valence-corrected chi connectivity index (χ3v) is 5.62. The zero-order valence-corrected chi connectivity index (χ0v) is 18.8. The van der Waals surface area contributed by atoms with Gasteiger partial charge < -0.3 is 14.8 Å². The van der Waals surface area contributed by atoms with E-state index in [0.29, 0.717) is 17.9 Å². The molecule has 1 unspecified atom stereocenters. The lowest BCUT2D eigenvalue weighted by atomic mass is 10.0. The van der Waals surface area contributed by atoms with Gasteiger partial charge in [0, 0.05) is 35.8 Å². The average molecular weight is 432 g/mol. The highest BCUT2D eigenvalue weighted by molar-refractivity contribution is 5.96. The maximum absolute atomic E-state index is 13.1. The molecule has 32 heavy (non-hydrogen) atoms. The summed E-state index contributed by atoms with van der Waals surface area (Å²) in [7, 11) is 0. The van der Waals surface area contributed by atoms with E-state index in [0.717, 1.165) is 47.5 Å².